The molecule has 1 aromatic carbocycles. The van der Waals surface area contributed by atoms with Crippen LogP contribution in [0.2, 0.25) is 0 Å². The van der Waals surface area contributed by atoms with Crippen LogP contribution in [-0.4, -0.2) is 26.9 Å². The molecule has 9 heteroatoms. The van der Waals surface area contributed by atoms with Gasteiger partial charge in [0.25, 0.3) is 0 Å². The Morgan fingerprint density at radius 2 is 2.24 bits per heavy atom. The second kappa shape index (κ2) is 6.44. The lowest BCUT2D eigenvalue weighted by Crippen LogP contribution is -2.13. The van der Waals surface area contributed by atoms with Crippen LogP contribution in [0.25, 0.3) is 0 Å². The molecule has 0 aliphatic rings. The normalized spacial score (nSPS) is 10.6. The highest BCUT2D eigenvalue weighted by atomic mass is 32.2. The van der Waals surface area contributed by atoms with Gasteiger partial charge in [0.1, 0.15) is 0 Å². The highest BCUT2D eigenvalue weighted by Gasteiger charge is 2.16. The van der Waals surface area contributed by atoms with Crippen molar-refractivity contribution in [3.05, 3.63) is 39.7 Å². The summed E-state index contributed by atoms with van der Waals surface area (Å²) in [7, 11) is 1.40. The van der Waals surface area contributed by atoms with E-state index in [-0.39, 0.29) is 11.4 Å². The van der Waals surface area contributed by atoms with Crippen LogP contribution < -0.4 is 10.6 Å². The zero-order valence-corrected chi connectivity index (χ0v) is 12.5. The summed E-state index contributed by atoms with van der Waals surface area (Å²) in [6, 6.07) is 4.85. The summed E-state index contributed by atoms with van der Waals surface area (Å²) in [4.78, 5) is 10.5. The first-order chi connectivity index (χ1) is 10.1. The van der Waals surface area contributed by atoms with Gasteiger partial charge in [0, 0.05) is 18.2 Å². The number of nitrogen functional groups attached to an aromatic ring is 1. The van der Waals surface area contributed by atoms with Crippen LogP contribution in [0.5, 0.6) is 5.75 Å². The number of methoxy groups -OCH3 is 1. The second-order valence-electron chi connectivity index (χ2n) is 4.17. The van der Waals surface area contributed by atoms with Gasteiger partial charge in [0.15, 0.2) is 11.6 Å². The lowest BCUT2D eigenvalue weighted by molar-refractivity contribution is -0.385. The number of hydrogen-bond acceptors (Lipinski definition) is 7. The minimum Gasteiger partial charge on any atom is -0.490 e. The van der Waals surface area contributed by atoms with Gasteiger partial charge >= 0.3 is 5.69 Å². The quantitative estimate of drug-likeness (QED) is 0.375. The van der Waals surface area contributed by atoms with Gasteiger partial charge in [-0.05, 0) is 11.6 Å². The smallest absolute Gasteiger partial charge is 0.311 e. The summed E-state index contributed by atoms with van der Waals surface area (Å²) in [5, 5.41) is 19.5. The zero-order chi connectivity index (χ0) is 15.4. The molecule has 0 bridgehead atoms. The number of nitrogens with zero attached hydrogens (tertiary/aromatic N) is 4. The monoisotopic (exact) mass is 309 g/mol. The SMILES string of the molecule is CCc1nnc(SCc2ccc(OC)c([N+](=O)[O-])c2)n1N. The number of hydrogen-bond donors (Lipinski definition) is 1. The number of nitro benzene ring substituents is 1. The molecule has 1 heterocycles. The molecular weight excluding hydrogens is 294 g/mol. The Kier molecular flexibility index (Phi) is 4.63. The molecule has 0 radical (unpaired) electrons. The summed E-state index contributed by atoms with van der Waals surface area (Å²) in [5.41, 5.74) is 0.729. The highest BCUT2D eigenvalue weighted by Crippen LogP contribution is 2.30. The largest absolute Gasteiger partial charge is 0.490 e. The number of aryl methyl sites for hydroxylation is 1. The number of thioether (sulfide) groups is 1. The fourth-order valence-corrected chi connectivity index (χ4v) is 2.58. The van der Waals surface area contributed by atoms with Crippen LogP contribution in [0.1, 0.15) is 18.3 Å². The van der Waals surface area contributed by atoms with E-state index in [2.05, 4.69) is 10.2 Å². The summed E-state index contributed by atoms with van der Waals surface area (Å²) >= 11 is 1.37. The van der Waals surface area contributed by atoms with E-state index in [0.717, 1.165) is 5.56 Å². The van der Waals surface area contributed by atoms with Crippen molar-refractivity contribution in [2.45, 2.75) is 24.3 Å². The van der Waals surface area contributed by atoms with Crippen molar-refractivity contribution in [1.29, 1.82) is 0 Å². The number of benzene rings is 1. The highest BCUT2D eigenvalue weighted by molar-refractivity contribution is 7.98. The fraction of sp³-hybridized carbons (Fsp3) is 0.333. The van der Waals surface area contributed by atoms with E-state index in [9.17, 15) is 10.1 Å². The summed E-state index contributed by atoms with van der Waals surface area (Å²) in [6.45, 7) is 1.94. The van der Waals surface area contributed by atoms with Gasteiger partial charge < -0.3 is 10.6 Å². The first-order valence-corrected chi connectivity index (χ1v) is 7.18. The topological polar surface area (TPSA) is 109 Å². The summed E-state index contributed by atoms with van der Waals surface area (Å²) in [5.74, 6) is 7.28. The van der Waals surface area contributed by atoms with Gasteiger partial charge in [0.2, 0.25) is 5.16 Å². The molecule has 0 aliphatic heterocycles. The number of aromatic nitrogens is 3. The molecule has 21 heavy (non-hydrogen) atoms. The average Bonchev–Trinajstić information content (AvgIpc) is 2.85. The molecule has 8 nitrogen and oxygen atoms in total. The Balaban J connectivity index is 2.14. The summed E-state index contributed by atoms with van der Waals surface area (Å²) in [6.07, 6.45) is 0.693. The number of nitrogens with two attached hydrogens (primary N) is 1. The van der Waals surface area contributed by atoms with Crippen LogP contribution in [-0.2, 0) is 12.2 Å². The molecule has 0 aliphatic carbocycles. The van der Waals surface area contributed by atoms with E-state index < -0.39 is 4.92 Å². The van der Waals surface area contributed by atoms with E-state index >= 15 is 0 Å². The van der Waals surface area contributed by atoms with Crippen molar-refractivity contribution in [2.75, 3.05) is 13.0 Å². The van der Waals surface area contributed by atoms with Gasteiger partial charge in [-0.1, -0.05) is 24.8 Å². The Morgan fingerprint density at radius 3 is 2.81 bits per heavy atom. The first kappa shape index (κ1) is 15.1. The zero-order valence-electron chi connectivity index (χ0n) is 11.6. The van der Waals surface area contributed by atoms with Gasteiger partial charge in [0.05, 0.1) is 12.0 Å². The van der Waals surface area contributed by atoms with Gasteiger partial charge in [-0.2, -0.15) is 0 Å². The molecule has 2 aromatic rings. The fourth-order valence-electron chi connectivity index (χ4n) is 1.76. The van der Waals surface area contributed by atoms with Crippen molar-refractivity contribution in [3.63, 3.8) is 0 Å². The predicted octanol–water partition coefficient (Wildman–Crippen LogP) is 1.76. The maximum absolute atomic E-state index is 11.0. The molecule has 0 amide bonds. The molecule has 0 spiro atoms. The molecule has 0 fully saturated rings. The minimum absolute atomic E-state index is 0.0564. The standard InChI is InChI=1S/C12H15N5O3S/c1-3-11-14-15-12(16(11)13)21-7-8-4-5-10(20-2)9(6-8)17(18)19/h4-6H,3,7,13H2,1-2H3. The predicted molar refractivity (Wildman–Crippen MR) is 78.8 cm³/mol. The van der Waals surface area contributed by atoms with Gasteiger partial charge in [-0.3, -0.25) is 10.1 Å². The van der Waals surface area contributed by atoms with Gasteiger partial charge in [-0.25, -0.2) is 4.68 Å². The van der Waals surface area contributed by atoms with E-state index in [0.29, 0.717) is 23.2 Å². The van der Waals surface area contributed by atoms with Crippen LogP contribution in [0, 0.1) is 10.1 Å². The Hall–Kier alpha value is -2.29. The van der Waals surface area contributed by atoms with Crippen LogP contribution in [0.15, 0.2) is 23.4 Å². The summed E-state index contributed by atoms with van der Waals surface area (Å²) < 4.78 is 6.40. The van der Waals surface area contributed by atoms with Crippen LogP contribution >= 0.6 is 11.8 Å². The third-order valence-electron chi connectivity index (χ3n) is 2.86. The second-order valence-corrected chi connectivity index (χ2v) is 5.12. The van der Waals surface area contributed by atoms with E-state index in [1.807, 2.05) is 6.92 Å². The van der Waals surface area contributed by atoms with Crippen molar-refractivity contribution in [3.8, 4) is 5.75 Å². The average molecular weight is 309 g/mol. The molecule has 0 atom stereocenters. The Morgan fingerprint density at radius 1 is 1.48 bits per heavy atom. The number of nitro groups is 1. The van der Waals surface area contributed by atoms with Crippen molar-refractivity contribution < 1.29 is 9.66 Å². The molecule has 2 N–H and O–H groups in total. The van der Waals surface area contributed by atoms with Crippen molar-refractivity contribution in [2.24, 2.45) is 0 Å². The van der Waals surface area contributed by atoms with Crippen molar-refractivity contribution >= 4 is 17.4 Å². The molecule has 112 valence electrons. The van der Waals surface area contributed by atoms with Crippen molar-refractivity contribution in [1.82, 2.24) is 14.9 Å². The number of rotatable bonds is 6. The van der Waals surface area contributed by atoms with Gasteiger partial charge in [-0.15, -0.1) is 10.2 Å². The maximum Gasteiger partial charge on any atom is 0.311 e. The van der Waals surface area contributed by atoms with E-state index in [1.54, 1.807) is 12.1 Å². The molecular formula is C12H15N5O3S. The minimum atomic E-state index is -0.465. The molecule has 0 saturated heterocycles. The first-order valence-electron chi connectivity index (χ1n) is 6.20. The van der Waals surface area contributed by atoms with Crippen LogP contribution in [0.3, 0.4) is 0 Å². The molecule has 0 unspecified atom stereocenters. The van der Waals surface area contributed by atoms with Crippen LogP contribution in [0.4, 0.5) is 5.69 Å². The molecule has 0 saturated carbocycles. The lowest BCUT2D eigenvalue weighted by atomic mass is 10.2. The number of ether oxygens (including phenoxy) is 1. The maximum atomic E-state index is 11.0. The Bertz CT molecular complexity index is 658. The Labute approximate surface area is 125 Å². The lowest BCUT2D eigenvalue weighted by Gasteiger charge is -2.05. The third kappa shape index (κ3) is 3.24. The molecule has 1 aromatic heterocycles. The molecule has 2 rings (SSSR count). The third-order valence-corrected chi connectivity index (χ3v) is 3.87. The van der Waals surface area contributed by atoms with E-state index in [1.165, 1.54) is 29.6 Å². The van der Waals surface area contributed by atoms with E-state index in [4.69, 9.17) is 10.6 Å².